The molecule has 0 rings (SSSR count). The molecule has 6 heteroatoms. The van der Waals surface area contributed by atoms with E-state index < -0.39 is 16.6 Å². The fourth-order valence-electron chi connectivity index (χ4n) is 2.75. The van der Waals surface area contributed by atoms with E-state index in [1.807, 2.05) is 0 Å². The molecule has 0 fully saturated rings. The molecule has 29 heavy (non-hydrogen) atoms. The molecule has 0 aromatic rings. The lowest BCUT2D eigenvalue weighted by Gasteiger charge is -2.39. The first-order valence-corrected chi connectivity index (χ1v) is 17.2. The van der Waals surface area contributed by atoms with Crippen LogP contribution in [0.4, 0.5) is 0 Å². The second-order valence-corrected chi connectivity index (χ2v) is 21.2. The van der Waals surface area contributed by atoms with E-state index in [-0.39, 0.29) is 28.9 Å². The highest BCUT2D eigenvalue weighted by molar-refractivity contribution is 6.74. The van der Waals surface area contributed by atoms with Gasteiger partial charge in [0.25, 0.3) is 0 Å². The van der Waals surface area contributed by atoms with Gasteiger partial charge in [-0.15, -0.1) is 0 Å². The summed E-state index contributed by atoms with van der Waals surface area (Å²) in [5, 5.41) is 9.74. The molecule has 1 N–H and O–H groups in total. The predicted molar refractivity (Wildman–Crippen MR) is 130 cm³/mol. The number of aliphatic hydroxyl groups excluding tert-OH is 1. The molecular formula is C23H50O4Si2. The third kappa shape index (κ3) is 10.7. The molecule has 2 atom stereocenters. The SMILES string of the molecule is C[C@H](CCC(=O)CCC[C@@H](CCO)O[Si](C)(C)C(C)(C)C)O[Si](C)(C)C(C)(C)C. The molecule has 0 aliphatic rings. The smallest absolute Gasteiger partial charge is 0.192 e. The van der Waals surface area contributed by atoms with E-state index in [9.17, 15) is 9.90 Å². The molecule has 0 aromatic heterocycles. The average molecular weight is 447 g/mol. The molecule has 0 saturated carbocycles. The lowest BCUT2D eigenvalue weighted by molar-refractivity contribution is -0.119. The Hall–Kier alpha value is -0.0162. The highest BCUT2D eigenvalue weighted by Gasteiger charge is 2.39. The first kappa shape index (κ1) is 29.0. The molecule has 0 heterocycles. The molecule has 0 saturated heterocycles. The Morgan fingerprint density at radius 2 is 1.31 bits per heavy atom. The van der Waals surface area contributed by atoms with E-state index in [0.717, 1.165) is 19.3 Å². The quantitative estimate of drug-likeness (QED) is 0.320. The van der Waals surface area contributed by atoms with Crippen LogP contribution in [0.15, 0.2) is 0 Å². The lowest BCUT2D eigenvalue weighted by atomic mass is 10.0. The Bertz CT molecular complexity index is 490. The summed E-state index contributed by atoms with van der Waals surface area (Å²) in [5.74, 6) is 0.311. The largest absolute Gasteiger partial charge is 0.414 e. The number of aliphatic hydroxyl groups is 1. The monoisotopic (exact) mass is 446 g/mol. The minimum absolute atomic E-state index is 0.0505. The van der Waals surface area contributed by atoms with Gasteiger partial charge < -0.3 is 14.0 Å². The minimum Gasteiger partial charge on any atom is -0.414 e. The Labute approximate surface area is 183 Å². The van der Waals surface area contributed by atoms with Gasteiger partial charge in [0.2, 0.25) is 0 Å². The maximum atomic E-state index is 12.4. The van der Waals surface area contributed by atoms with Crippen molar-refractivity contribution in [1.82, 2.24) is 0 Å². The van der Waals surface area contributed by atoms with Crippen molar-refractivity contribution < 1.29 is 18.8 Å². The number of carbonyl (C=O) groups is 1. The zero-order valence-corrected chi connectivity index (χ0v) is 23.3. The van der Waals surface area contributed by atoms with E-state index in [1.165, 1.54) is 0 Å². The van der Waals surface area contributed by atoms with Crippen molar-refractivity contribution in [3.8, 4) is 0 Å². The molecule has 174 valence electrons. The van der Waals surface area contributed by atoms with Crippen LogP contribution in [0, 0.1) is 0 Å². The molecule has 0 aromatic carbocycles. The summed E-state index contributed by atoms with van der Waals surface area (Å²) >= 11 is 0. The standard InChI is InChI=1S/C23H50O4Si2/c1-19(26-28(8,9)22(2,3)4)15-16-20(25)13-12-14-21(17-18-24)27-29(10,11)23(5,6)7/h19,21,24H,12-18H2,1-11H3/t19-,21+/m1/s1. The summed E-state index contributed by atoms with van der Waals surface area (Å²) in [6, 6.07) is 0. The summed E-state index contributed by atoms with van der Waals surface area (Å²) in [6.45, 7) is 24.6. The van der Waals surface area contributed by atoms with Crippen LogP contribution in [0.1, 0.15) is 87.0 Å². The lowest BCUT2D eigenvalue weighted by Crippen LogP contribution is -2.44. The molecule has 0 unspecified atom stereocenters. The number of hydrogen-bond acceptors (Lipinski definition) is 4. The Morgan fingerprint density at radius 3 is 1.76 bits per heavy atom. The number of Topliss-reactive ketones (excluding diaryl/α,β-unsaturated/α-hetero) is 1. The maximum absolute atomic E-state index is 12.4. The summed E-state index contributed by atoms with van der Waals surface area (Å²) < 4.78 is 12.8. The van der Waals surface area contributed by atoms with Crippen molar-refractivity contribution in [1.29, 1.82) is 0 Å². The molecule has 0 amide bonds. The van der Waals surface area contributed by atoms with Crippen LogP contribution in [0.2, 0.25) is 36.3 Å². The molecule has 0 aliphatic heterocycles. The van der Waals surface area contributed by atoms with E-state index in [0.29, 0.717) is 25.0 Å². The van der Waals surface area contributed by atoms with E-state index in [2.05, 4.69) is 74.7 Å². The first-order valence-electron chi connectivity index (χ1n) is 11.4. The second-order valence-electron chi connectivity index (χ2n) is 11.7. The molecule has 0 aliphatic carbocycles. The zero-order valence-electron chi connectivity index (χ0n) is 21.3. The van der Waals surface area contributed by atoms with Crippen LogP contribution in [-0.2, 0) is 13.6 Å². The van der Waals surface area contributed by atoms with Crippen molar-refractivity contribution in [3.05, 3.63) is 0 Å². The number of rotatable bonds is 13. The van der Waals surface area contributed by atoms with Crippen LogP contribution >= 0.6 is 0 Å². The normalized spacial score (nSPS) is 16.0. The zero-order chi connectivity index (χ0) is 23.1. The van der Waals surface area contributed by atoms with Crippen molar-refractivity contribution in [2.24, 2.45) is 0 Å². The minimum atomic E-state index is -1.86. The third-order valence-electron chi connectivity index (χ3n) is 6.83. The van der Waals surface area contributed by atoms with Crippen LogP contribution in [0.25, 0.3) is 0 Å². The van der Waals surface area contributed by atoms with Gasteiger partial charge in [-0.3, -0.25) is 4.79 Å². The number of ketones is 1. The molecule has 4 nitrogen and oxygen atoms in total. The molecule has 0 bridgehead atoms. The van der Waals surface area contributed by atoms with Crippen LogP contribution in [0.5, 0.6) is 0 Å². The van der Waals surface area contributed by atoms with E-state index >= 15 is 0 Å². The fourth-order valence-corrected chi connectivity index (χ4v) is 5.65. The van der Waals surface area contributed by atoms with Crippen molar-refractivity contribution >= 4 is 22.4 Å². The van der Waals surface area contributed by atoms with Gasteiger partial charge >= 0.3 is 0 Å². The van der Waals surface area contributed by atoms with Gasteiger partial charge in [-0.05, 0) is 68.9 Å². The van der Waals surface area contributed by atoms with Gasteiger partial charge in [0, 0.05) is 31.7 Å². The van der Waals surface area contributed by atoms with Crippen LogP contribution in [-0.4, -0.2) is 46.3 Å². The summed E-state index contributed by atoms with van der Waals surface area (Å²) in [4.78, 5) is 12.4. The van der Waals surface area contributed by atoms with Gasteiger partial charge in [-0.2, -0.15) is 0 Å². The van der Waals surface area contributed by atoms with Gasteiger partial charge in [-0.1, -0.05) is 41.5 Å². The van der Waals surface area contributed by atoms with Gasteiger partial charge in [-0.25, -0.2) is 0 Å². The molecule has 0 radical (unpaired) electrons. The van der Waals surface area contributed by atoms with Gasteiger partial charge in [0.05, 0.1) is 0 Å². The Kier molecular flexibility index (Phi) is 11.6. The van der Waals surface area contributed by atoms with Gasteiger partial charge in [0.15, 0.2) is 16.6 Å². The predicted octanol–water partition coefficient (Wildman–Crippen LogP) is 6.69. The maximum Gasteiger partial charge on any atom is 0.192 e. The van der Waals surface area contributed by atoms with Crippen LogP contribution < -0.4 is 0 Å². The number of hydrogen-bond donors (Lipinski definition) is 1. The van der Waals surface area contributed by atoms with Crippen molar-refractivity contribution in [2.45, 2.75) is 135 Å². The second kappa shape index (κ2) is 11.6. The topological polar surface area (TPSA) is 55.8 Å². The highest BCUT2D eigenvalue weighted by atomic mass is 28.4. The van der Waals surface area contributed by atoms with Crippen LogP contribution in [0.3, 0.4) is 0 Å². The summed E-state index contributed by atoms with van der Waals surface area (Å²) in [5.41, 5.74) is 0. The first-order chi connectivity index (χ1) is 12.9. The molecular weight excluding hydrogens is 396 g/mol. The fraction of sp³-hybridized carbons (Fsp3) is 0.957. The Balaban J connectivity index is 4.42. The summed E-state index contributed by atoms with van der Waals surface area (Å²) in [7, 11) is -3.64. The van der Waals surface area contributed by atoms with E-state index in [1.54, 1.807) is 0 Å². The summed E-state index contributed by atoms with van der Waals surface area (Å²) in [6.07, 6.45) is 4.48. The average Bonchev–Trinajstić information content (AvgIpc) is 2.50. The molecule has 0 spiro atoms. The van der Waals surface area contributed by atoms with Crippen molar-refractivity contribution in [2.75, 3.05) is 6.61 Å². The Morgan fingerprint density at radius 1 is 0.828 bits per heavy atom. The van der Waals surface area contributed by atoms with E-state index in [4.69, 9.17) is 8.85 Å². The van der Waals surface area contributed by atoms with Gasteiger partial charge in [0.1, 0.15) is 5.78 Å². The third-order valence-corrected chi connectivity index (χ3v) is 16.0. The highest BCUT2D eigenvalue weighted by Crippen LogP contribution is 2.39. The number of carbonyl (C=O) groups excluding carboxylic acids is 1. The van der Waals surface area contributed by atoms with Crippen molar-refractivity contribution in [3.63, 3.8) is 0 Å².